The predicted molar refractivity (Wildman–Crippen MR) is 63.9 cm³/mol. The molecule has 0 aromatic heterocycles. The molecular weight excluding hydrogens is 188 g/mol. The van der Waals surface area contributed by atoms with Gasteiger partial charge in [0.15, 0.2) is 0 Å². The molecule has 3 heteroatoms. The summed E-state index contributed by atoms with van der Waals surface area (Å²) < 4.78 is 0. The van der Waals surface area contributed by atoms with Crippen molar-refractivity contribution in [3.8, 4) is 0 Å². The number of carbonyl (C=O) groups is 1. The molecule has 0 bridgehead atoms. The summed E-state index contributed by atoms with van der Waals surface area (Å²) in [4.78, 5) is 11.7. The number of nitrogens with two attached hydrogens (primary N) is 1. The molecule has 0 aromatic carbocycles. The molecule has 86 valence electrons. The summed E-state index contributed by atoms with van der Waals surface area (Å²) in [5.41, 5.74) is 0.0564. The Morgan fingerprint density at radius 3 is 2.40 bits per heavy atom. The maximum atomic E-state index is 11.7. The molecule has 0 rings (SSSR count). The molecule has 0 aromatic rings. The van der Waals surface area contributed by atoms with Gasteiger partial charge in [0.25, 0.3) is 5.91 Å². The largest absolute Gasteiger partial charge is 0.271 e. The monoisotopic (exact) mass is 210 g/mol. The van der Waals surface area contributed by atoms with Crippen molar-refractivity contribution in [1.29, 1.82) is 0 Å². The van der Waals surface area contributed by atoms with Crippen molar-refractivity contribution in [3.63, 3.8) is 0 Å². The molecule has 2 N–H and O–H groups in total. The summed E-state index contributed by atoms with van der Waals surface area (Å²) >= 11 is 0. The van der Waals surface area contributed by atoms with Gasteiger partial charge >= 0.3 is 0 Å². The summed E-state index contributed by atoms with van der Waals surface area (Å²) in [5.74, 6) is 5.86. The van der Waals surface area contributed by atoms with Crippen molar-refractivity contribution < 1.29 is 4.79 Å². The zero-order chi connectivity index (χ0) is 12.2. The van der Waals surface area contributed by atoms with E-state index in [1.54, 1.807) is 6.92 Å². The van der Waals surface area contributed by atoms with E-state index in [0.29, 0.717) is 5.57 Å². The fourth-order valence-corrected chi connectivity index (χ4v) is 1.24. The van der Waals surface area contributed by atoms with Crippen molar-refractivity contribution in [3.05, 3.63) is 24.8 Å². The first-order chi connectivity index (χ1) is 6.75. The molecule has 0 saturated heterocycles. The standard InChI is InChI=1S/C12H22N2O/c1-7-8-10(4)12(5,6)14(13)11(15)9(2)3/h7,10H,1-2,8,13H2,3-6H3. The highest BCUT2D eigenvalue weighted by Crippen LogP contribution is 2.25. The number of hydrogen-bond donors (Lipinski definition) is 1. The lowest BCUT2D eigenvalue weighted by molar-refractivity contribution is -0.134. The first kappa shape index (κ1) is 13.9. The fraction of sp³-hybridized carbons (Fsp3) is 0.583. The Balaban J connectivity index is 4.78. The van der Waals surface area contributed by atoms with Gasteiger partial charge in [-0.25, -0.2) is 5.84 Å². The molecule has 0 aliphatic rings. The van der Waals surface area contributed by atoms with E-state index in [4.69, 9.17) is 5.84 Å². The van der Waals surface area contributed by atoms with Crippen LogP contribution in [-0.4, -0.2) is 16.5 Å². The van der Waals surface area contributed by atoms with Crippen LogP contribution in [0.5, 0.6) is 0 Å². The minimum absolute atomic E-state index is 0.212. The van der Waals surface area contributed by atoms with Gasteiger partial charge in [0.1, 0.15) is 0 Å². The first-order valence-electron chi connectivity index (χ1n) is 5.10. The molecule has 1 unspecified atom stereocenters. The van der Waals surface area contributed by atoms with Crippen LogP contribution in [0, 0.1) is 5.92 Å². The van der Waals surface area contributed by atoms with Gasteiger partial charge in [-0.2, -0.15) is 0 Å². The highest BCUT2D eigenvalue weighted by Gasteiger charge is 2.33. The highest BCUT2D eigenvalue weighted by molar-refractivity contribution is 5.92. The second kappa shape index (κ2) is 5.12. The summed E-state index contributed by atoms with van der Waals surface area (Å²) in [5, 5.41) is 1.27. The molecule has 1 amide bonds. The van der Waals surface area contributed by atoms with Crippen LogP contribution in [0.2, 0.25) is 0 Å². The summed E-state index contributed by atoms with van der Waals surface area (Å²) in [6, 6.07) is 0. The molecule has 0 heterocycles. The SMILES string of the molecule is C=CCC(C)C(C)(C)N(N)C(=O)C(=C)C. The quantitative estimate of drug-likeness (QED) is 0.249. The molecule has 3 nitrogen and oxygen atoms in total. The summed E-state index contributed by atoms with van der Waals surface area (Å²) in [6.45, 7) is 14.9. The summed E-state index contributed by atoms with van der Waals surface area (Å²) in [6.07, 6.45) is 2.66. The Kier molecular flexibility index (Phi) is 4.75. The number of hydrogen-bond acceptors (Lipinski definition) is 2. The van der Waals surface area contributed by atoms with E-state index in [0.717, 1.165) is 6.42 Å². The molecule has 15 heavy (non-hydrogen) atoms. The topological polar surface area (TPSA) is 46.3 Å². The molecule has 0 fully saturated rings. The molecule has 0 radical (unpaired) electrons. The van der Waals surface area contributed by atoms with E-state index in [1.165, 1.54) is 5.01 Å². The van der Waals surface area contributed by atoms with Crippen molar-refractivity contribution in [2.24, 2.45) is 11.8 Å². The predicted octanol–water partition coefficient (Wildman–Crippen LogP) is 2.26. The lowest BCUT2D eigenvalue weighted by atomic mass is 9.85. The third-order valence-corrected chi connectivity index (χ3v) is 2.93. The van der Waals surface area contributed by atoms with Gasteiger partial charge < -0.3 is 0 Å². The fourth-order valence-electron chi connectivity index (χ4n) is 1.24. The molecule has 1 atom stereocenters. The van der Waals surface area contributed by atoms with Gasteiger partial charge in [-0.15, -0.1) is 6.58 Å². The lowest BCUT2D eigenvalue weighted by Gasteiger charge is -2.39. The molecular formula is C12H22N2O. The zero-order valence-corrected chi connectivity index (χ0v) is 10.2. The van der Waals surface area contributed by atoms with Gasteiger partial charge in [-0.1, -0.05) is 19.6 Å². The van der Waals surface area contributed by atoms with Gasteiger partial charge in [-0.3, -0.25) is 9.80 Å². The number of allylic oxidation sites excluding steroid dienone is 1. The highest BCUT2D eigenvalue weighted by atomic mass is 16.2. The average molecular weight is 210 g/mol. The van der Waals surface area contributed by atoms with E-state index >= 15 is 0 Å². The van der Waals surface area contributed by atoms with Crippen LogP contribution in [0.4, 0.5) is 0 Å². The van der Waals surface area contributed by atoms with Crippen LogP contribution in [0.3, 0.4) is 0 Å². The second-order valence-corrected chi connectivity index (χ2v) is 4.53. The minimum atomic E-state index is -0.399. The Morgan fingerprint density at radius 2 is 2.07 bits per heavy atom. The van der Waals surface area contributed by atoms with Crippen molar-refractivity contribution in [1.82, 2.24) is 5.01 Å². The Labute approximate surface area is 92.6 Å². The number of amides is 1. The number of nitrogens with zero attached hydrogens (tertiary/aromatic N) is 1. The average Bonchev–Trinajstić information content (AvgIpc) is 2.15. The van der Waals surface area contributed by atoms with Gasteiger partial charge in [-0.05, 0) is 33.1 Å². The van der Waals surface area contributed by atoms with Crippen LogP contribution in [0.15, 0.2) is 24.8 Å². The first-order valence-corrected chi connectivity index (χ1v) is 5.10. The maximum Gasteiger partial charge on any atom is 0.263 e. The van der Waals surface area contributed by atoms with E-state index < -0.39 is 5.54 Å². The molecule has 0 spiro atoms. The van der Waals surface area contributed by atoms with Gasteiger partial charge in [0.2, 0.25) is 0 Å². The van der Waals surface area contributed by atoms with E-state index in [1.807, 2.05) is 26.8 Å². The zero-order valence-electron chi connectivity index (χ0n) is 10.2. The Bertz CT molecular complexity index is 269. The normalized spacial score (nSPS) is 13.1. The maximum absolute atomic E-state index is 11.7. The Morgan fingerprint density at radius 1 is 1.60 bits per heavy atom. The van der Waals surface area contributed by atoms with E-state index in [9.17, 15) is 4.79 Å². The second-order valence-electron chi connectivity index (χ2n) is 4.53. The van der Waals surface area contributed by atoms with Crippen molar-refractivity contribution in [2.75, 3.05) is 0 Å². The van der Waals surface area contributed by atoms with Gasteiger partial charge in [0, 0.05) is 5.57 Å². The molecule has 0 aliphatic carbocycles. The van der Waals surface area contributed by atoms with Crippen molar-refractivity contribution >= 4 is 5.91 Å². The van der Waals surface area contributed by atoms with Crippen LogP contribution in [0.1, 0.15) is 34.1 Å². The Hall–Kier alpha value is -1.09. The van der Waals surface area contributed by atoms with Crippen LogP contribution >= 0.6 is 0 Å². The van der Waals surface area contributed by atoms with Crippen LogP contribution < -0.4 is 5.84 Å². The molecule has 0 aliphatic heterocycles. The number of hydrazine groups is 1. The van der Waals surface area contributed by atoms with Crippen LogP contribution in [-0.2, 0) is 4.79 Å². The van der Waals surface area contributed by atoms with E-state index in [2.05, 4.69) is 13.2 Å². The third kappa shape index (κ3) is 3.20. The van der Waals surface area contributed by atoms with E-state index in [-0.39, 0.29) is 11.8 Å². The van der Waals surface area contributed by atoms with Gasteiger partial charge in [0.05, 0.1) is 5.54 Å². The summed E-state index contributed by atoms with van der Waals surface area (Å²) in [7, 11) is 0. The lowest BCUT2D eigenvalue weighted by Crippen LogP contribution is -2.55. The smallest absolute Gasteiger partial charge is 0.263 e. The van der Waals surface area contributed by atoms with Crippen molar-refractivity contribution in [2.45, 2.75) is 39.7 Å². The minimum Gasteiger partial charge on any atom is -0.271 e. The van der Waals surface area contributed by atoms with Crippen LogP contribution in [0.25, 0.3) is 0 Å². The number of rotatable bonds is 5. The number of carbonyl (C=O) groups excluding carboxylic acids is 1. The third-order valence-electron chi connectivity index (χ3n) is 2.93. The molecule has 0 saturated carbocycles.